The molecule has 5 heteroatoms. The van der Waals surface area contributed by atoms with Crippen molar-refractivity contribution in [2.45, 2.75) is 26.2 Å². The molecule has 14 heavy (non-hydrogen) atoms. The van der Waals surface area contributed by atoms with Crippen LogP contribution in [0.5, 0.6) is 0 Å². The van der Waals surface area contributed by atoms with Gasteiger partial charge in [-0.05, 0) is 13.8 Å². The number of aliphatic carboxylic acids is 1. The van der Waals surface area contributed by atoms with Crippen molar-refractivity contribution in [1.29, 1.82) is 0 Å². The molecule has 82 valence electrons. The molecule has 0 radical (unpaired) electrons. The zero-order valence-corrected chi connectivity index (χ0v) is 8.71. The number of hydrogen-bond donors (Lipinski definition) is 4. The first-order valence-electron chi connectivity index (χ1n) is 4.61. The molecule has 0 spiro atoms. The van der Waals surface area contributed by atoms with E-state index in [0.717, 1.165) is 6.54 Å². The second-order valence-corrected chi connectivity index (χ2v) is 3.08. The van der Waals surface area contributed by atoms with Crippen molar-refractivity contribution in [1.82, 2.24) is 16.0 Å². The Labute approximate surface area is 84.6 Å². The van der Waals surface area contributed by atoms with Crippen LogP contribution in [-0.2, 0) is 4.79 Å². The van der Waals surface area contributed by atoms with Gasteiger partial charge in [0.15, 0.2) is 0 Å². The number of rotatable bonds is 8. The van der Waals surface area contributed by atoms with E-state index in [1.54, 1.807) is 6.08 Å². The maximum Gasteiger partial charge on any atom is 0.317 e. The van der Waals surface area contributed by atoms with E-state index >= 15 is 0 Å². The number of hydrogen-bond acceptors (Lipinski definition) is 4. The van der Waals surface area contributed by atoms with Crippen molar-refractivity contribution in [3.05, 3.63) is 12.7 Å². The number of carboxylic acid groups (broad SMARTS) is 1. The van der Waals surface area contributed by atoms with Gasteiger partial charge in [0.05, 0.1) is 18.9 Å². The molecule has 0 aromatic heterocycles. The van der Waals surface area contributed by atoms with Crippen molar-refractivity contribution < 1.29 is 9.90 Å². The Bertz CT molecular complexity index is 185. The maximum absolute atomic E-state index is 10.2. The molecule has 0 rings (SSSR count). The van der Waals surface area contributed by atoms with Crippen LogP contribution >= 0.6 is 0 Å². The summed E-state index contributed by atoms with van der Waals surface area (Å²) in [5, 5.41) is 17.5. The Hall–Kier alpha value is -0.910. The zero-order valence-electron chi connectivity index (χ0n) is 8.71. The summed E-state index contributed by atoms with van der Waals surface area (Å²) in [6, 6.07) is 0. The van der Waals surface area contributed by atoms with Crippen molar-refractivity contribution in [3.8, 4) is 0 Å². The molecule has 0 aromatic rings. The third-order valence-electron chi connectivity index (χ3n) is 1.63. The summed E-state index contributed by atoms with van der Waals surface area (Å²) < 4.78 is 0. The molecule has 0 aliphatic carbocycles. The molecule has 0 bridgehead atoms. The molecule has 0 aliphatic heterocycles. The molecule has 4 N–H and O–H groups in total. The van der Waals surface area contributed by atoms with Crippen molar-refractivity contribution in [2.24, 2.45) is 0 Å². The van der Waals surface area contributed by atoms with E-state index in [1.807, 2.05) is 13.8 Å². The van der Waals surface area contributed by atoms with Gasteiger partial charge in [-0.1, -0.05) is 6.08 Å². The first-order valence-corrected chi connectivity index (χ1v) is 4.61. The lowest BCUT2D eigenvalue weighted by Crippen LogP contribution is -2.51. The molecule has 0 aromatic carbocycles. The van der Waals surface area contributed by atoms with Gasteiger partial charge < -0.3 is 5.11 Å². The molecule has 0 amide bonds. The van der Waals surface area contributed by atoms with E-state index in [2.05, 4.69) is 22.5 Å². The van der Waals surface area contributed by atoms with Crippen LogP contribution in [0.15, 0.2) is 12.7 Å². The monoisotopic (exact) mass is 201 g/mol. The molecule has 0 aliphatic rings. The average Bonchev–Trinajstić information content (AvgIpc) is 2.11. The van der Waals surface area contributed by atoms with Crippen molar-refractivity contribution in [2.75, 3.05) is 13.1 Å². The molecular formula is C9H19N3O2. The Morgan fingerprint density at radius 2 is 2.00 bits per heavy atom. The van der Waals surface area contributed by atoms with E-state index in [1.165, 1.54) is 0 Å². The van der Waals surface area contributed by atoms with E-state index in [0.29, 0.717) is 0 Å². The van der Waals surface area contributed by atoms with Crippen LogP contribution in [-0.4, -0.2) is 36.5 Å². The Morgan fingerprint density at radius 1 is 1.43 bits per heavy atom. The van der Waals surface area contributed by atoms with Gasteiger partial charge in [-0.2, -0.15) is 0 Å². The largest absolute Gasteiger partial charge is 0.480 e. The predicted molar refractivity (Wildman–Crippen MR) is 55.9 cm³/mol. The van der Waals surface area contributed by atoms with Crippen LogP contribution in [0.1, 0.15) is 13.8 Å². The Morgan fingerprint density at radius 3 is 2.50 bits per heavy atom. The lowest BCUT2D eigenvalue weighted by molar-refractivity contribution is -0.136. The summed E-state index contributed by atoms with van der Waals surface area (Å²) in [6.45, 7) is 8.10. The van der Waals surface area contributed by atoms with Crippen LogP contribution in [0.3, 0.4) is 0 Å². The predicted octanol–water partition coefficient (Wildman–Crippen LogP) is -0.282. The van der Waals surface area contributed by atoms with Gasteiger partial charge in [0, 0.05) is 6.54 Å². The van der Waals surface area contributed by atoms with Gasteiger partial charge in [-0.15, -0.1) is 6.58 Å². The lowest BCUT2D eigenvalue weighted by atomic mass is 10.4. The smallest absolute Gasteiger partial charge is 0.317 e. The van der Waals surface area contributed by atoms with Crippen LogP contribution in [0.4, 0.5) is 0 Å². The fraction of sp³-hybridized carbons (Fsp3) is 0.667. The molecule has 0 saturated heterocycles. The molecule has 0 fully saturated rings. The maximum atomic E-state index is 10.2. The number of carbonyl (C=O) groups is 1. The summed E-state index contributed by atoms with van der Waals surface area (Å²) in [5.74, 6) is -0.856. The van der Waals surface area contributed by atoms with Gasteiger partial charge in [0.25, 0.3) is 0 Å². The molecular weight excluding hydrogens is 182 g/mol. The standard InChI is InChI=1S/C9H19N3O2/c1-4-5-10-7(2)12-8(3)11-6-9(13)14/h4,7-8,10-12H,1,5-6H2,2-3H3,(H,13,14). The number of carboxylic acids is 1. The second kappa shape index (κ2) is 7.49. The molecule has 0 heterocycles. The Kier molecular flexibility index (Phi) is 7.00. The van der Waals surface area contributed by atoms with E-state index in [9.17, 15) is 4.79 Å². The van der Waals surface area contributed by atoms with E-state index in [-0.39, 0.29) is 18.9 Å². The highest BCUT2D eigenvalue weighted by molar-refractivity contribution is 5.69. The van der Waals surface area contributed by atoms with Crippen LogP contribution < -0.4 is 16.0 Å². The third-order valence-corrected chi connectivity index (χ3v) is 1.63. The minimum Gasteiger partial charge on any atom is -0.480 e. The first kappa shape index (κ1) is 13.1. The highest BCUT2D eigenvalue weighted by Gasteiger charge is 2.06. The Balaban J connectivity index is 3.54. The van der Waals surface area contributed by atoms with Gasteiger partial charge in [-0.3, -0.25) is 20.7 Å². The topological polar surface area (TPSA) is 73.4 Å². The molecule has 5 nitrogen and oxygen atoms in total. The third kappa shape index (κ3) is 7.72. The SMILES string of the molecule is C=CCNC(C)NC(C)NCC(=O)O. The fourth-order valence-electron chi connectivity index (χ4n) is 0.993. The average molecular weight is 201 g/mol. The summed E-state index contributed by atoms with van der Waals surface area (Å²) in [4.78, 5) is 10.2. The summed E-state index contributed by atoms with van der Waals surface area (Å²) >= 11 is 0. The normalized spacial score (nSPS) is 14.7. The van der Waals surface area contributed by atoms with E-state index in [4.69, 9.17) is 5.11 Å². The molecule has 2 atom stereocenters. The van der Waals surface area contributed by atoms with Crippen molar-refractivity contribution in [3.63, 3.8) is 0 Å². The van der Waals surface area contributed by atoms with Crippen molar-refractivity contribution >= 4 is 5.97 Å². The molecule has 2 unspecified atom stereocenters. The summed E-state index contributed by atoms with van der Waals surface area (Å²) in [5.41, 5.74) is 0. The summed E-state index contributed by atoms with van der Waals surface area (Å²) in [6.07, 6.45) is 1.84. The highest BCUT2D eigenvalue weighted by Crippen LogP contribution is 1.80. The lowest BCUT2D eigenvalue weighted by Gasteiger charge is -2.20. The molecule has 0 saturated carbocycles. The van der Waals surface area contributed by atoms with E-state index < -0.39 is 5.97 Å². The van der Waals surface area contributed by atoms with Gasteiger partial charge in [0.1, 0.15) is 0 Å². The van der Waals surface area contributed by atoms with Gasteiger partial charge in [-0.25, -0.2) is 0 Å². The zero-order chi connectivity index (χ0) is 11.0. The van der Waals surface area contributed by atoms with Crippen LogP contribution in [0.25, 0.3) is 0 Å². The van der Waals surface area contributed by atoms with Gasteiger partial charge in [0.2, 0.25) is 0 Å². The van der Waals surface area contributed by atoms with Crippen LogP contribution in [0.2, 0.25) is 0 Å². The highest BCUT2D eigenvalue weighted by atomic mass is 16.4. The first-order chi connectivity index (χ1) is 6.56. The minimum atomic E-state index is -0.856. The summed E-state index contributed by atoms with van der Waals surface area (Å²) in [7, 11) is 0. The second-order valence-electron chi connectivity index (χ2n) is 3.08. The van der Waals surface area contributed by atoms with Gasteiger partial charge >= 0.3 is 5.97 Å². The fourth-order valence-corrected chi connectivity index (χ4v) is 0.993. The van der Waals surface area contributed by atoms with Crippen LogP contribution in [0, 0.1) is 0 Å². The quantitative estimate of drug-likeness (QED) is 0.321. The number of nitrogens with one attached hydrogen (secondary N) is 3. The minimum absolute atomic E-state index is 0.0393.